The molecule has 1 aromatic heterocycles. The second-order valence-corrected chi connectivity index (χ2v) is 6.10. The fourth-order valence-electron chi connectivity index (χ4n) is 2.94. The fourth-order valence-corrected chi connectivity index (χ4v) is 3.93. The van der Waals surface area contributed by atoms with Crippen LogP contribution in [-0.4, -0.2) is 19.7 Å². The van der Waals surface area contributed by atoms with Crippen LogP contribution in [0, 0.1) is 5.92 Å². The van der Waals surface area contributed by atoms with E-state index in [0.717, 1.165) is 19.7 Å². The molecule has 1 aromatic carbocycles. The van der Waals surface area contributed by atoms with Crippen LogP contribution in [0.5, 0.6) is 0 Å². The molecule has 2 unspecified atom stereocenters. The lowest BCUT2D eigenvalue weighted by molar-refractivity contribution is -0.0265. The van der Waals surface area contributed by atoms with Crippen LogP contribution >= 0.6 is 11.3 Å². The zero-order valence-corrected chi connectivity index (χ0v) is 12.2. The molecule has 0 bridgehead atoms. The zero-order chi connectivity index (χ0) is 13.1. The van der Waals surface area contributed by atoms with Crippen molar-refractivity contribution in [2.45, 2.75) is 25.9 Å². The molecule has 2 heterocycles. The molecule has 2 atom stereocenters. The van der Waals surface area contributed by atoms with Crippen LogP contribution in [0.2, 0.25) is 0 Å². The molecule has 2 nitrogen and oxygen atoms in total. The van der Waals surface area contributed by atoms with Gasteiger partial charge in [-0.1, -0.05) is 25.1 Å². The summed E-state index contributed by atoms with van der Waals surface area (Å²) in [5.41, 5.74) is 1.39. The summed E-state index contributed by atoms with van der Waals surface area (Å²) >= 11 is 1.83. The number of thiophene rings is 1. The third-order valence-corrected chi connectivity index (χ3v) is 4.90. The van der Waals surface area contributed by atoms with Crippen molar-refractivity contribution in [2.24, 2.45) is 5.92 Å². The number of fused-ring (bicyclic) bond motifs is 1. The van der Waals surface area contributed by atoms with Gasteiger partial charge in [0.15, 0.2) is 0 Å². The van der Waals surface area contributed by atoms with Gasteiger partial charge in [-0.15, -0.1) is 11.3 Å². The van der Waals surface area contributed by atoms with Crippen molar-refractivity contribution in [1.82, 2.24) is 5.32 Å². The van der Waals surface area contributed by atoms with Crippen molar-refractivity contribution in [2.75, 3.05) is 19.7 Å². The fraction of sp³-hybridized carbons (Fsp3) is 0.500. The van der Waals surface area contributed by atoms with Crippen molar-refractivity contribution in [3.63, 3.8) is 0 Å². The predicted octanol–water partition coefficient (Wildman–Crippen LogP) is 3.98. The van der Waals surface area contributed by atoms with Crippen molar-refractivity contribution < 1.29 is 4.74 Å². The molecule has 0 spiro atoms. The lowest BCUT2D eigenvalue weighted by atomic mass is 9.89. The average molecular weight is 275 g/mol. The maximum atomic E-state index is 6.11. The maximum absolute atomic E-state index is 6.11. The largest absolute Gasteiger partial charge is 0.373 e. The van der Waals surface area contributed by atoms with E-state index in [1.165, 1.54) is 28.5 Å². The van der Waals surface area contributed by atoms with Crippen LogP contribution in [-0.2, 0) is 4.74 Å². The second-order valence-electron chi connectivity index (χ2n) is 5.19. The van der Waals surface area contributed by atoms with Gasteiger partial charge in [0.1, 0.15) is 0 Å². The molecular weight excluding hydrogens is 254 g/mol. The Bertz CT molecular complexity index is 536. The van der Waals surface area contributed by atoms with Gasteiger partial charge in [0.05, 0.1) is 6.10 Å². The van der Waals surface area contributed by atoms with Gasteiger partial charge in [-0.05, 0) is 41.8 Å². The first kappa shape index (κ1) is 13.1. The van der Waals surface area contributed by atoms with E-state index in [4.69, 9.17) is 4.74 Å². The summed E-state index contributed by atoms with van der Waals surface area (Å²) in [5, 5.41) is 7.15. The van der Waals surface area contributed by atoms with E-state index in [9.17, 15) is 0 Å². The van der Waals surface area contributed by atoms with E-state index < -0.39 is 0 Å². The van der Waals surface area contributed by atoms with Crippen LogP contribution < -0.4 is 5.32 Å². The van der Waals surface area contributed by atoms with Crippen LogP contribution in [0.15, 0.2) is 29.6 Å². The molecule has 2 aromatic rings. The second kappa shape index (κ2) is 6.04. The smallest absolute Gasteiger partial charge is 0.0879 e. The van der Waals surface area contributed by atoms with Crippen LogP contribution in [0.25, 0.3) is 10.1 Å². The Morgan fingerprint density at radius 1 is 1.37 bits per heavy atom. The van der Waals surface area contributed by atoms with E-state index in [-0.39, 0.29) is 6.10 Å². The van der Waals surface area contributed by atoms with Gasteiger partial charge >= 0.3 is 0 Å². The Morgan fingerprint density at radius 2 is 2.26 bits per heavy atom. The van der Waals surface area contributed by atoms with E-state index in [2.05, 4.69) is 41.9 Å². The Hall–Kier alpha value is -0.900. The number of nitrogens with one attached hydrogen (secondary N) is 1. The molecule has 1 fully saturated rings. The number of ether oxygens (including phenoxy) is 1. The van der Waals surface area contributed by atoms with Crippen molar-refractivity contribution in [1.29, 1.82) is 0 Å². The highest BCUT2D eigenvalue weighted by molar-refractivity contribution is 7.17. The Morgan fingerprint density at radius 3 is 3.16 bits per heavy atom. The molecule has 1 N–H and O–H groups in total. The topological polar surface area (TPSA) is 21.3 Å². The van der Waals surface area contributed by atoms with Crippen LogP contribution in [0.4, 0.5) is 0 Å². The molecule has 1 saturated heterocycles. The third-order valence-electron chi connectivity index (χ3n) is 3.92. The molecule has 0 saturated carbocycles. The summed E-state index contributed by atoms with van der Waals surface area (Å²) in [6, 6.07) is 8.66. The van der Waals surface area contributed by atoms with Crippen LogP contribution in [0.3, 0.4) is 0 Å². The van der Waals surface area contributed by atoms with E-state index >= 15 is 0 Å². The van der Waals surface area contributed by atoms with Gasteiger partial charge in [-0.3, -0.25) is 0 Å². The minimum absolute atomic E-state index is 0.268. The molecule has 1 aliphatic heterocycles. The number of rotatable bonds is 4. The summed E-state index contributed by atoms with van der Waals surface area (Å²) in [6.45, 7) is 5.16. The van der Waals surface area contributed by atoms with Gasteiger partial charge in [0.2, 0.25) is 0 Å². The minimum Gasteiger partial charge on any atom is -0.373 e. The highest BCUT2D eigenvalue weighted by atomic mass is 32.1. The van der Waals surface area contributed by atoms with Gasteiger partial charge in [-0.2, -0.15) is 0 Å². The normalized spacial score (nSPS) is 23.8. The number of hydrogen-bond donors (Lipinski definition) is 1. The first-order chi connectivity index (χ1) is 9.40. The highest BCUT2D eigenvalue weighted by Gasteiger charge is 2.28. The molecule has 102 valence electrons. The molecule has 19 heavy (non-hydrogen) atoms. The summed E-state index contributed by atoms with van der Waals surface area (Å²) in [6.07, 6.45) is 2.72. The van der Waals surface area contributed by atoms with Crippen molar-refractivity contribution >= 4 is 21.4 Å². The highest BCUT2D eigenvalue weighted by Crippen LogP contribution is 2.39. The van der Waals surface area contributed by atoms with Gasteiger partial charge in [0, 0.05) is 23.8 Å². The Balaban J connectivity index is 1.89. The predicted molar refractivity (Wildman–Crippen MR) is 81.8 cm³/mol. The average Bonchev–Trinajstić information content (AvgIpc) is 2.89. The SMILES string of the molecule is CCNCC1CCCOC1c1csc2ccccc12. The zero-order valence-electron chi connectivity index (χ0n) is 11.4. The number of benzene rings is 1. The van der Waals surface area contributed by atoms with Crippen molar-refractivity contribution in [3.05, 3.63) is 35.2 Å². The molecule has 3 rings (SSSR count). The first-order valence-corrected chi connectivity index (χ1v) is 8.06. The monoisotopic (exact) mass is 275 g/mol. The van der Waals surface area contributed by atoms with E-state index in [1.807, 2.05) is 11.3 Å². The van der Waals surface area contributed by atoms with E-state index in [1.54, 1.807) is 0 Å². The molecule has 0 amide bonds. The van der Waals surface area contributed by atoms with Crippen LogP contribution in [0.1, 0.15) is 31.4 Å². The molecule has 0 aliphatic carbocycles. The summed E-state index contributed by atoms with van der Waals surface area (Å²) in [7, 11) is 0. The lowest BCUT2D eigenvalue weighted by Gasteiger charge is -2.32. The lowest BCUT2D eigenvalue weighted by Crippen LogP contribution is -2.31. The summed E-state index contributed by atoms with van der Waals surface area (Å²) in [5.74, 6) is 0.603. The number of hydrogen-bond acceptors (Lipinski definition) is 3. The molecule has 1 aliphatic rings. The quantitative estimate of drug-likeness (QED) is 0.911. The Kier molecular flexibility index (Phi) is 4.16. The Labute approximate surface area is 118 Å². The first-order valence-electron chi connectivity index (χ1n) is 7.18. The molecule has 0 radical (unpaired) electrons. The summed E-state index contributed by atoms with van der Waals surface area (Å²) in [4.78, 5) is 0. The standard InChI is InChI=1S/C16H21NOS/c1-2-17-10-12-6-5-9-18-16(12)14-11-19-15-8-4-3-7-13(14)15/h3-4,7-8,11-12,16-17H,2,5-6,9-10H2,1H3. The third kappa shape index (κ3) is 2.69. The minimum atomic E-state index is 0.268. The van der Waals surface area contributed by atoms with Gasteiger partial charge < -0.3 is 10.1 Å². The van der Waals surface area contributed by atoms with Gasteiger partial charge in [0.25, 0.3) is 0 Å². The summed E-state index contributed by atoms with van der Waals surface area (Å²) < 4.78 is 7.48. The molecule has 3 heteroatoms. The maximum Gasteiger partial charge on any atom is 0.0879 e. The van der Waals surface area contributed by atoms with Crippen molar-refractivity contribution in [3.8, 4) is 0 Å². The van der Waals surface area contributed by atoms with Gasteiger partial charge in [-0.25, -0.2) is 0 Å². The van der Waals surface area contributed by atoms with E-state index in [0.29, 0.717) is 5.92 Å². The molecular formula is C16H21NOS.